The summed E-state index contributed by atoms with van der Waals surface area (Å²) in [4.78, 5) is 6.36. The highest BCUT2D eigenvalue weighted by molar-refractivity contribution is 7.09. The Labute approximate surface area is 127 Å². The first kappa shape index (κ1) is 14.3. The SMILES string of the molecule is CN(C)c1nsc(NC(c2cnn(C)c2)C2CC(O)C2)n1. The Bertz CT molecular complexity index is 603. The predicted molar refractivity (Wildman–Crippen MR) is 82.5 cm³/mol. The number of hydrogen-bond donors (Lipinski definition) is 2. The number of aliphatic hydroxyl groups is 1. The smallest absolute Gasteiger partial charge is 0.238 e. The van der Waals surface area contributed by atoms with Crippen LogP contribution < -0.4 is 10.2 Å². The molecule has 0 bridgehead atoms. The van der Waals surface area contributed by atoms with Crippen molar-refractivity contribution in [3.05, 3.63) is 18.0 Å². The van der Waals surface area contributed by atoms with Crippen LogP contribution in [0.1, 0.15) is 24.4 Å². The fourth-order valence-corrected chi connectivity index (χ4v) is 3.24. The second-order valence-corrected chi connectivity index (χ2v) is 6.50. The molecule has 0 amide bonds. The van der Waals surface area contributed by atoms with Crippen LogP contribution in [0.25, 0.3) is 0 Å². The molecule has 2 heterocycles. The summed E-state index contributed by atoms with van der Waals surface area (Å²) in [6, 6.07) is 0.116. The number of aryl methyl sites for hydroxylation is 1. The summed E-state index contributed by atoms with van der Waals surface area (Å²) >= 11 is 1.36. The van der Waals surface area contributed by atoms with Gasteiger partial charge in [-0.3, -0.25) is 4.68 Å². The topological polar surface area (TPSA) is 79.1 Å². The van der Waals surface area contributed by atoms with Gasteiger partial charge in [0.1, 0.15) is 0 Å². The van der Waals surface area contributed by atoms with Gasteiger partial charge in [-0.2, -0.15) is 14.5 Å². The Morgan fingerprint density at radius 3 is 2.76 bits per heavy atom. The molecule has 3 rings (SSSR count). The number of hydrogen-bond acceptors (Lipinski definition) is 7. The Balaban J connectivity index is 1.78. The van der Waals surface area contributed by atoms with Gasteiger partial charge in [-0.25, -0.2) is 0 Å². The summed E-state index contributed by atoms with van der Waals surface area (Å²) in [5.74, 6) is 1.11. The lowest BCUT2D eigenvalue weighted by Gasteiger charge is -2.37. The molecular weight excluding hydrogens is 288 g/mol. The molecule has 1 unspecified atom stereocenters. The molecule has 1 aliphatic carbocycles. The van der Waals surface area contributed by atoms with E-state index in [0.717, 1.165) is 23.5 Å². The summed E-state index contributed by atoms with van der Waals surface area (Å²) in [7, 11) is 5.75. The maximum atomic E-state index is 9.58. The van der Waals surface area contributed by atoms with Crippen molar-refractivity contribution in [2.45, 2.75) is 25.0 Å². The molecule has 0 aromatic carbocycles. The quantitative estimate of drug-likeness (QED) is 0.866. The summed E-state index contributed by atoms with van der Waals surface area (Å²) in [5, 5.41) is 18.1. The second-order valence-electron chi connectivity index (χ2n) is 5.75. The van der Waals surface area contributed by atoms with Crippen molar-refractivity contribution in [1.29, 1.82) is 0 Å². The normalized spacial score (nSPS) is 22.7. The molecule has 0 radical (unpaired) electrons. The van der Waals surface area contributed by atoms with Crippen LogP contribution in [-0.4, -0.2) is 44.4 Å². The van der Waals surface area contributed by atoms with E-state index in [4.69, 9.17) is 0 Å². The zero-order valence-electron chi connectivity index (χ0n) is 12.4. The molecule has 2 aromatic heterocycles. The fraction of sp³-hybridized carbons (Fsp3) is 0.615. The van der Waals surface area contributed by atoms with Gasteiger partial charge in [-0.05, 0) is 18.8 Å². The molecule has 21 heavy (non-hydrogen) atoms. The van der Waals surface area contributed by atoms with Crippen LogP contribution in [0.2, 0.25) is 0 Å². The largest absolute Gasteiger partial charge is 0.393 e. The van der Waals surface area contributed by atoms with Gasteiger partial charge in [0, 0.05) is 44.4 Å². The average Bonchev–Trinajstić information content (AvgIpc) is 3.01. The summed E-state index contributed by atoms with van der Waals surface area (Å²) in [5.41, 5.74) is 1.12. The molecule has 0 spiro atoms. The maximum Gasteiger partial charge on any atom is 0.238 e. The average molecular weight is 308 g/mol. The summed E-state index contributed by atoms with van der Waals surface area (Å²) in [6.45, 7) is 0. The van der Waals surface area contributed by atoms with Gasteiger partial charge in [-0.15, -0.1) is 0 Å². The van der Waals surface area contributed by atoms with E-state index in [9.17, 15) is 5.11 Å². The van der Waals surface area contributed by atoms with Crippen LogP contribution in [0.3, 0.4) is 0 Å². The van der Waals surface area contributed by atoms with Crippen LogP contribution in [0.4, 0.5) is 11.1 Å². The number of aliphatic hydroxyl groups excluding tert-OH is 1. The van der Waals surface area contributed by atoms with Crippen molar-refractivity contribution in [3.8, 4) is 0 Å². The monoisotopic (exact) mass is 308 g/mol. The van der Waals surface area contributed by atoms with Gasteiger partial charge in [0.2, 0.25) is 11.1 Å². The zero-order chi connectivity index (χ0) is 15.0. The molecule has 1 saturated carbocycles. The minimum atomic E-state index is -0.178. The molecule has 2 N–H and O–H groups in total. The first-order valence-corrected chi connectivity index (χ1v) is 7.74. The summed E-state index contributed by atoms with van der Waals surface area (Å²) < 4.78 is 6.11. The molecule has 7 nitrogen and oxygen atoms in total. The number of anilines is 2. The highest BCUT2D eigenvalue weighted by Crippen LogP contribution is 2.40. The number of nitrogens with one attached hydrogen (secondary N) is 1. The second kappa shape index (κ2) is 5.61. The Hall–Kier alpha value is -1.67. The van der Waals surface area contributed by atoms with Gasteiger partial charge in [0.25, 0.3) is 0 Å². The van der Waals surface area contributed by atoms with E-state index in [1.54, 1.807) is 4.68 Å². The zero-order valence-corrected chi connectivity index (χ0v) is 13.2. The van der Waals surface area contributed by atoms with E-state index < -0.39 is 0 Å². The molecule has 8 heteroatoms. The van der Waals surface area contributed by atoms with Crippen LogP contribution in [0.5, 0.6) is 0 Å². The van der Waals surface area contributed by atoms with Gasteiger partial charge >= 0.3 is 0 Å². The first-order valence-electron chi connectivity index (χ1n) is 6.97. The van der Waals surface area contributed by atoms with Crippen molar-refractivity contribution in [2.75, 3.05) is 24.3 Å². The van der Waals surface area contributed by atoms with E-state index in [2.05, 4.69) is 19.8 Å². The third kappa shape index (κ3) is 3.01. The van der Waals surface area contributed by atoms with E-state index in [-0.39, 0.29) is 12.1 Å². The number of aromatic nitrogens is 4. The van der Waals surface area contributed by atoms with Crippen LogP contribution in [0, 0.1) is 5.92 Å². The third-order valence-corrected chi connectivity index (χ3v) is 4.44. The molecule has 2 aromatic rings. The third-order valence-electron chi connectivity index (χ3n) is 3.80. The van der Waals surface area contributed by atoms with Crippen LogP contribution in [-0.2, 0) is 7.05 Å². The molecule has 114 valence electrons. The molecule has 1 aliphatic rings. The minimum absolute atomic E-state index is 0.116. The predicted octanol–water partition coefficient (Wildman–Crippen LogP) is 1.26. The summed E-state index contributed by atoms with van der Waals surface area (Å²) in [6.07, 6.45) is 5.33. The Morgan fingerprint density at radius 2 is 2.24 bits per heavy atom. The van der Waals surface area contributed by atoms with Crippen molar-refractivity contribution >= 4 is 22.6 Å². The van der Waals surface area contributed by atoms with E-state index in [1.165, 1.54) is 11.5 Å². The number of nitrogens with zero attached hydrogens (tertiary/aromatic N) is 5. The lowest BCUT2D eigenvalue weighted by molar-refractivity contribution is 0.0340. The maximum absolute atomic E-state index is 9.58. The molecule has 0 saturated heterocycles. The Morgan fingerprint density at radius 1 is 1.48 bits per heavy atom. The molecule has 0 aliphatic heterocycles. The van der Waals surface area contributed by atoms with Gasteiger partial charge in [0.15, 0.2) is 0 Å². The minimum Gasteiger partial charge on any atom is -0.393 e. The van der Waals surface area contributed by atoms with Crippen molar-refractivity contribution < 1.29 is 5.11 Å². The number of rotatable bonds is 5. The van der Waals surface area contributed by atoms with E-state index >= 15 is 0 Å². The van der Waals surface area contributed by atoms with Crippen molar-refractivity contribution in [3.63, 3.8) is 0 Å². The molecule has 1 atom stereocenters. The van der Waals surface area contributed by atoms with Crippen LogP contribution >= 0.6 is 11.5 Å². The van der Waals surface area contributed by atoms with Crippen LogP contribution in [0.15, 0.2) is 12.4 Å². The standard InChI is InChI=1S/C13H20N6OS/c1-18(2)12-16-13(21-17-12)15-11(8-4-10(20)5-8)9-6-14-19(3)7-9/h6-8,10-11,20H,4-5H2,1-3H3,(H,15,16,17). The lowest BCUT2D eigenvalue weighted by Crippen LogP contribution is -2.35. The van der Waals surface area contributed by atoms with Crippen molar-refractivity contribution in [2.24, 2.45) is 13.0 Å². The highest BCUT2D eigenvalue weighted by Gasteiger charge is 2.35. The lowest BCUT2D eigenvalue weighted by atomic mass is 9.75. The molecule has 1 fully saturated rings. The van der Waals surface area contributed by atoms with Gasteiger partial charge in [0.05, 0.1) is 18.3 Å². The van der Waals surface area contributed by atoms with E-state index in [1.807, 2.05) is 38.4 Å². The van der Waals surface area contributed by atoms with E-state index in [0.29, 0.717) is 11.9 Å². The highest BCUT2D eigenvalue weighted by atomic mass is 32.1. The fourth-order valence-electron chi connectivity index (χ4n) is 2.57. The van der Waals surface area contributed by atoms with Gasteiger partial charge in [-0.1, -0.05) is 0 Å². The first-order chi connectivity index (χ1) is 10.0. The van der Waals surface area contributed by atoms with Gasteiger partial charge < -0.3 is 15.3 Å². The molecular formula is C13H20N6OS. The Kier molecular flexibility index (Phi) is 3.81. The van der Waals surface area contributed by atoms with Crippen molar-refractivity contribution in [1.82, 2.24) is 19.1 Å².